The Hall–Kier alpha value is -1.14. The zero-order valence-corrected chi connectivity index (χ0v) is 9.08. The van der Waals surface area contributed by atoms with E-state index in [1.54, 1.807) is 6.92 Å². The van der Waals surface area contributed by atoms with Crippen LogP contribution in [-0.4, -0.2) is 16.1 Å². The van der Waals surface area contributed by atoms with Crippen molar-refractivity contribution >= 4 is 27.7 Å². The molecule has 0 aliphatic carbocycles. The van der Waals surface area contributed by atoms with Gasteiger partial charge in [-0.1, -0.05) is 0 Å². The van der Waals surface area contributed by atoms with Crippen molar-refractivity contribution < 1.29 is 9.90 Å². The molecule has 0 aliphatic rings. The molecule has 0 saturated heterocycles. The van der Waals surface area contributed by atoms with Crippen molar-refractivity contribution in [3.05, 3.63) is 21.8 Å². The second kappa shape index (κ2) is 3.93. The number of nitrogens with two attached hydrogens (primary N) is 2. The summed E-state index contributed by atoms with van der Waals surface area (Å²) in [7, 11) is 0. The number of rotatable bonds is 2. The Kier molecular flexibility index (Phi) is 3.07. The van der Waals surface area contributed by atoms with E-state index >= 15 is 0 Å². The number of hydrogen-bond acceptors (Lipinski definition) is 4. The fourth-order valence-corrected chi connectivity index (χ4v) is 1.45. The Bertz CT molecular complexity index is 381. The van der Waals surface area contributed by atoms with Crippen LogP contribution < -0.4 is 11.5 Å². The largest absolute Gasteiger partial charge is 0.480 e. The number of anilines is 1. The zero-order chi connectivity index (χ0) is 10.9. The second-order valence-electron chi connectivity index (χ2n) is 2.85. The van der Waals surface area contributed by atoms with E-state index in [0.29, 0.717) is 15.6 Å². The third-order valence-corrected chi connectivity index (χ3v) is 2.73. The molecule has 1 heterocycles. The van der Waals surface area contributed by atoms with Crippen LogP contribution in [0.25, 0.3) is 0 Å². The molecule has 5 nitrogen and oxygen atoms in total. The predicted octanol–water partition coefficient (Wildman–Crippen LogP) is 0.819. The molecule has 5 N–H and O–H groups in total. The molecule has 1 aromatic rings. The summed E-state index contributed by atoms with van der Waals surface area (Å²) in [5, 5.41) is 8.75. The van der Waals surface area contributed by atoms with Gasteiger partial charge in [-0.15, -0.1) is 0 Å². The number of halogens is 1. The summed E-state index contributed by atoms with van der Waals surface area (Å²) in [6, 6.07) is -1.14. The molecule has 0 spiro atoms. The van der Waals surface area contributed by atoms with Crippen molar-refractivity contribution in [3.63, 3.8) is 0 Å². The lowest BCUT2D eigenvalue weighted by Crippen LogP contribution is -2.23. The third kappa shape index (κ3) is 1.85. The number of carboxylic acid groups (broad SMARTS) is 1. The third-order valence-electron chi connectivity index (χ3n) is 1.93. The molecule has 1 aromatic heterocycles. The number of carboxylic acids is 1. The Morgan fingerprint density at radius 2 is 2.29 bits per heavy atom. The van der Waals surface area contributed by atoms with Gasteiger partial charge < -0.3 is 16.6 Å². The van der Waals surface area contributed by atoms with E-state index in [1.807, 2.05) is 0 Å². The van der Waals surface area contributed by atoms with E-state index in [4.69, 9.17) is 16.6 Å². The van der Waals surface area contributed by atoms with Gasteiger partial charge in [-0.3, -0.25) is 4.79 Å². The number of aliphatic carboxylic acids is 1. The van der Waals surface area contributed by atoms with Crippen LogP contribution in [0, 0.1) is 6.92 Å². The fourth-order valence-electron chi connectivity index (χ4n) is 1.13. The van der Waals surface area contributed by atoms with Gasteiger partial charge in [-0.2, -0.15) is 0 Å². The average molecular weight is 260 g/mol. The molecule has 0 saturated carbocycles. The Morgan fingerprint density at radius 3 is 2.79 bits per heavy atom. The van der Waals surface area contributed by atoms with Crippen molar-refractivity contribution in [2.45, 2.75) is 13.0 Å². The minimum atomic E-state index is -1.14. The first-order chi connectivity index (χ1) is 6.45. The molecule has 1 rings (SSSR count). The first-order valence-corrected chi connectivity index (χ1v) is 4.63. The molecule has 0 fully saturated rings. The molecule has 14 heavy (non-hydrogen) atoms. The number of carbonyl (C=O) groups is 1. The summed E-state index contributed by atoms with van der Waals surface area (Å²) < 4.78 is 0.693. The van der Waals surface area contributed by atoms with Gasteiger partial charge >= 0.3 is 5.97 Å². The van der Waals surface area contributed by atoms with Crippen molar-refractivity contribution in [2.75, 3.05) is 5.73 Å². The highest BCUT2D eigenvalue weighted by molar-refractivity contribution is 9.10. The normalized spacial score (nSPS) is 12.5. The van der Waals surface area contributed by atoms with E-state index in [0.717, 1.165) is 0 Å². The molecule has 1 atom stereocenters. The van der Waals surface area contributed by atoms with Gasteiger partial charge in [0, 0.05) is 16.2 Å². The summed E-state index contributed by atoms with van der Waals surface area (Å²) in [4.78, 5) is 14.5. The number of nitrogen functional groups attached to an aromatic ring is 1. The summed E-state index contributed by atoms with van der Waals surface area (Å²) in [5.74, 6) is -0.972. The van der Waals surface area contributed by atoms with Crippen LogP contribution in [0.4, 0.5) is 5.82 Å². The number of hydrogen-bond donors (Lipinski definition) is 3. The topological polar surface area (TPSA) is 102 Å². The molecule has 0 radical (unpaired) electrons. The van der Waals surface area contributed by atoms with Gasteiger partial charge in [0.05, 0.1) is 0 Å². The molecular weight excluding hydrogens is 250 g/mol. The van der Waals surface area contributed by atoms with Crippen LogP contribution in [0.2, 0.25) is 0 Å². The Morgan fingerprint density at radius 1 is 1.71 bits per heavy atom. The second-order valence-corrected chi connectivity index (χ2v) is 3.70. The molecular formula is C8H10BrN3O2. The lowest BCUT2D eigenvalue weighted by atomic mass is 10.0. The minimum absolute atomic E-state index is 0.153. The van der Waals surface area contributed by atoms with Crippen LogP contribution in [-0.2, 0) is 4.79 Å². The van der Waals surface area contributed by atoms with Crippen LogP contribution in [0.5, 0.6) is 0 Å². The maximum Gasteiger partial charge on any atom is 0.325 e. The van der Waals surface area contributed by atoms with Gasteiger partial charge in [0.2, 0.25) is 0 Å². The lowest BCUT2D eigenvalue weighted by molar-refractivity contribution is -0.138. The number of nitrogens with zero attached hydrogens (tertiary/aromatic N) is 1. The van der Waals surface area contributed by atoms with Gasteiger partial charge in [0.25, 0.3) is 0 Å². The highest BCUT2D eigenvalue weighted by Crippen LogP contribution is 2.26. The van der Waals surface area contributed by atoms with Gasteiger partial charge in [-0.05, 0) is 28.4 Å². The molecule has 0 amide bonds. The molecule has 76 valence electrons. The quantitative estimate of drug-likeness (QED) is 0.730. The molecule has 0 aliphatic heterocycles. The van der Waals surface area contributed by atoms with E-state index in [1.165, 1.54) is 6.20 Å². The summed E-state index contributed by atoms with van der Waals surface area (Å²) in [6.07, 6.45) is 1.52. The van der Waals surface area contributed by atoms with Gasteiger partial charge in [0.15, 0.2) is 0 Å². The van der Waals surface area contributed by atoms with Gasteiger partial charge in [0.1, 0.15) is 11.9 Å². The highest BCUT2D eigenvalue weighted by Gasteiger charge is 2.21. The lowest BCUT2D eigenvalue weighted by Gasteiger charge is -2.13. The SMILES string of the molecule is Cc1c(Br)cnc(N)c1[C@H](N)C(=O)O. The molecule has 0 bridgehead atoms. The van der Waals surface area contributed by atoms with E-state index in [-0.39, 0.29) is 5.82 Å². The smallest absolute Gasteiger partial charge is 0.325 e. The minimum Gasteiger partial charge on any atom is -0.480 e. The fraction of sp³-hybridized carbons (Fsp3) is 0.250. The summed E-state index contributed by atoms with van der Waals surface area (Å²) in [6.45, 7) is 1.74. The molecule has 0 unspecified atom stereocenters. The molecule has 6 heteroatoms. The Labute approximate surface area is 89.2 Å². The van der Waals surface area contributed by atoms with Crippen molar-refractivity contribution in [1.82, 2.24) is 4.98 Å². The number of aromatic nitrogens is 1. The first-order valence-electron chi connectivity index (χ1n) is 3.84. The van der Waals surface area contributed by atoms with Crippen molar-refractivity contribution in [1.29, 1.82) is 0 Å². The highest BCUT2D eigenvalue weighted by atomic mass is 79.9. The van der Waals surface area contributed by atoms with Gasteiger partial charge in [-0.25, -0.2) is 4.98 Å². The monoisotopic (exact) mass is 259 g/mol. The van der Waals surface area contributed by atoms with E-state index < -0.39 is 12.0 Å². The average Bonchev–Trinajstić information content (AvgIpc) is 2.12. The predicted molar refractivity (Wildman–Crippen MR) is 55.7 cm³/mol. The number of pyridine rings is 1. The Balaban J connectivity index is 3.32. The van der Waals surface area contributed by atoms with E-state index in [9.17, 15) is 4.79 Å². The van der Waals surface area contributed by atoms with Crippen molar-refractivity contribution in [3.8, 4) is 0 Å². The van der Waals surface area contributed by atoms with E-state index in [2.05, 4.69) is 20.9 Å². The molecule has 0 aromatic carbocycles. The zero-order valence-electron chi connectivity index (χ0n) is 7.49. The summed E-state index contributed by atoms with van der Waals surface area (Å²) in [5.41, 5.74) is 12.1. The van der Waals surface area contributed by atoms with Crippen LogP contribution in [0.1, 0.15) is 17.2 Å². The van der Waals surface area contributed by atoms with Crippen LogP contribution in [0.15, 0.2) is 10.7 Å². The first kappa shape index (κ1) is 10.9. The summed E-state index contributed by atoms with van der Waals surface area (Å²) >= 11 is 3.23. The maximum atomic E-state index is 10.7. The maximum absolute atomic E-state index is 10.7. The van der Waals surface area contributed by atoms with Crippen molar-refractivity contribution in [2.24, 2.45) is 5.73 Å². The van der Waals surface area contributed by atoms with Crippen LogP contribution in [0.3, 0.4) is 0 Å². The van der Waals surface area contributed by atoms with Crippen LogP contribution >= 0.6 is 15.9 Å². The standard InChI is InChI=1S/C8H10BrN3O2/c1-3-4(9)2-12-7(11)5(3)6(10)8(13)14/h2,6H,10H2,1H3,(H2,11,12)(H,13,14)/t6-/m0/s1.